The van der Waals surface area contributed by atoms with Crippen LogP contribution in [-0.2, 0) is 4.74 Å². The van der Waals surface area contributed by atoms with Crippen LogP contribution in [0.2, 0.25) is 0 Å². The maximum Gasteiger partial charge on any atom is 0.407 e. The molecular formula is C12H20N4O2. The summed E-state index contributed by atoms with van der Waals surface area (Å²) in [6.45, 7) is 6.42. The van der Waals surface area contributed by atoms with Gasteiger partial charge >= 0.3 is 6.09 Å². The summed E-state index contributed by atoms with van der Waals surface area (Å²) in [5.74, 6) is 0. The molecule has 0 aromatic carbocycles. The van der Waals surface area contributed by atoms with E-state index in [1.54, 1.807) is 12.5 Å². The predicted octanol–water partition coefficient (Wildman–Crippen LogP) is 1.34. The zero-order chi connectivity index (χ0) is 13.2. The van der Waals surface area contributed by atoms with Gasteiger partial charge in [-0.05, 0) is 33.7 Å². The van der Waals surface area contributed by atoms with Crippen molar-refractivity contribution >= 4 is 6.09 Å². The highest BCUT2D eigenvalue weighted by atomic mass is 16.6. The Morgan fingerprint density at radius 2 is 2.33 bits per heavy atom. The number of aromatic nitrogens is 2. The van der Waals surface area contributed by atoms with Crippen LogP contribution in [0.1, 0.15) is 38.9 Å². The van der Waals surface area contributed by atoms with E-state index in [0.717, 1.165) is 18.7 Å². The van der Waals surface area contributed by atoms with Crippen LogP contribution < -0.4 is 10.6 Å². The summed E-state index contributed by atoms with van der Waals surface area (Å²) in [7, 11) is 0. The zero-order valence-electron chi connectivity index (χ0n) is 11.0. The number of carbonyl (C=O) groups is 1. The Bertz CT molecular complexity index is 397. The van der Waals surface area contributed by atoms with Gasteiger partial charge in [0.1, 0.15) is 5.60 Å². The molecule has 2 rings (SSSR count). The third kappa shape index (κ3) is 3.22. The minimum atomic E-state index is -0.473. The molecule has 1 aromatic heterocycles. The third-order valence-electron chi connectivity index (χ3n) is 2.78. The second-order valence-corrected chi connectivity index (χ2v) is 5.48. The molecule has 1 fully saturated rings. The third-order valence-corrected chi connectivity index (χ3v) is 2.78. The van der Waals surface area contributed by atoms with E-state index in [1.165, 1.54) is 0 Å². The molecule has 100 valence electrons. The Morgan fingerprint density at radius 1 is 1.56 bits per heavy atom. The lowest BCUT2D eigenvalue weighted by molar-refractivity contribution is 0.0500. The number of hydrogen-bond donors (Lipinski definition) is 3. The first-order valence-electron chi connectivity index (χ1n) is 6.17. The normalized spacial score (nSPS) is 23.9. The van der Waals surface area contributed by atoms with E-state index < -0.39 is 5.60 Å². The SMILES string of the molecule is CC(C)(C)OC(=O)N[C@@H]1CCN[C@H]1c1cnc[nH]1. The first kappa shape index (κ1) is 12.9. The number of carbonyl (C=O) groups excluding carboxylic acids is 1. The number of ether oxygens (including phenoxy) is 1. The van der Waals surface area contributed by atoms with E-state index in [4.69, 9.17) is 4.74 Å². The van der Waals surface area contributed by atoms with Gasteiger partial charge in [0.15, 0.2) is 0 Å². The lowest BCUT2D eigenvalue weighted by atomic mass is 10.1. The fourth-order valence-corrected chi connectivity index (χ4v) is 2.08. The Balaban J connectivity index is 1.94. The number of nitrogens with zero attached hydrogens (tertiary/aromatic N) is 1. The standard InChI is InChI=1S/C12H20N4O2/c1-12(2,3)18-11(17)16-8-4-5-14-10(8)9-6-13-7-15-9/h6-8,10,14H,4-5H2,1-3H3,(H,13,15)(H,16,17)/t8-,10-/m1/s1. The number of alkyl carbamates (subject to hydrolysis) is 1. The average Bonchev–Trinajstić information content (AvgIpc) is 2.82. The number of nitrogens with one attached hydrogen (secondary N) is 3. The van der Waals surface area contributed by atoms with Gasteiger partial charge in [-0.2, -0.15) is 0 Å². The van der Waals surface area contributed by atoms with Crippen LogP contribution in [0, 0.1) is 0 Å². The minimum absolute atomic E-state index is 0.0281. The molecular weight excluding hydrogens is 232 g/mol. The first-order chi connectivity index (χ1) is 8.46. The second kappa shape index (κ2) is 4.97. The molecule has 1 aliphatic rings. The molecule has 18 heavy (non-hydrogen) atoms. The quantitative estimate of drug-likeness (QED) is 0.742. The van der Waals surface area contributed by atoms with E-state index in [0.29, 0.717) is 0 Å². The number of hydrogen-bond acceptors (Lipinski definition) is 4. The van der Waals surface area contributed by atoms with Gasteiger partial charge in [0, 0.05) is 6.20 Å². The van der Waals surface area contributed by atoms with Gasteiger partial charge < -0.3 is 20.4 Å². The summed E-state index contributed by atoms with van der Waals surface area (Å²) in [6.07, 6.45) is 3.91. The summed E-state index contributed by atoms with van der Waals surface area (Å²) in [5, 5.41) is 6.24. The lowest BCUT2D eigenvalue weighted by Gasteiger charge is -2.24. The van der Waals surface area contributed by atoms with Crippen LogP contribution >= 0.6 is 0 Å². The van der Waals surface area contributed by atoms with Gasteiger partial charge in [-0.15, -0.1) is 0 Å². The number of rotatable bonds is 2. The number of imidazole rings is 1. The van der Waals surface area contributed by atoms with Crippen LogP contribution in [0.15, 0.2) is 12.5 Å². The smallest absolute Gasteiger partial charge is 0.407 e. The van der Waals surface area contributed by atoms with Gasteiger partial charge in [0.25, 0.3) is 0 Å². The van der Waals surface area contributed by atoms with Crippen LogP contribution in [0.3, 0.4) is 0 Å². The molecule has 6 heteroatoms. The summed E-state index contributed by atoms with van der Waals surface area (Å²) < 4.78 is 5.26. The summed E-state index contributed by atoms with van der Waals surface area (Å²) in [4.78, 5) is 18.8. The average molecular weight is 252 g/mol. The Morgan fingerprint density at radius 3 is 2.94 bits per heavy atom. The fourth-order valence-electron chi connectivity index (χ4n) is 2.08. The van der Waals surface area contributed by atoms with Gasteiger partial charge in [-0.1, -0.05) is 0 Å². The van der Waals surface area contributed by atoms with Gasteiger partial charge in [0.2, 0.25) is 0 Å². The van der Waals surface area contributed by atoms with Crippen molar-refractivity contribution in [1.29, 1.82) is 0 Å². The maximum atomic E-state index is 11.7. The molecule has 0 aliphatic carbocycles. The van der Waals surface area contributed by atoms with Gasteiger partial charge in [-0.25, -0.2) is 9.78 Å². The molecule has 0 saturated carbocycles. The number of amides is 1. The Hall–Kier alpha value is -1.56. The predicted molar refractivity (Wildman–Crippen MR) is 67.1 cm³/mol. The summed E-state index contributed by atoms with van der Waals surface area (Å²) in [6, 6.07) is 0.0975. The van der Waals surface area contributed by atoms with Gasteiger partial charge in [0.05, 0.1) is 24.1 Å². The van der Waals surface area contributed by atoms with Crippen molar-refractivity contribution in [1.82, 2.24) is 20.6 Å². The molecule has 2 heterocycles. The molecule has 0 spiro atoms. The molecule has 1 aliphatic heterocycles. The summed E-state index contributed by atoms with van der Waals surface area (Å²) >= 11 is 0. The molecule has 1 saturated heterocycles. The maximum absolute atomic E-state index is 11.7. The van der Waals surface area contributed by atoms with Crippen molar-refractivity contribution in [2.75, 3.05) is 6.54 Å². The van der Waals surface area contributed by atoms with Gasteiger partial charge in [-0.3, -0.25) is 0 Å². The number of aromatic amines is 1. The first-order valence-corrected chi connectivity index (χ1v) is 6.17. The van der Waals surface area contributed by atoms with Crippen LogP contribution in [0.25, 0.3) is 0 Å². The van der Waals surface area contributed by atoms with Crippen molar-refractivity contribution < 1.29 is 9.53 Å². The summed E-state index contributed by atoms with van der Waals surface area (Å²) in [5.41, 5.74) is 0.508. The van der Waals surface area contributed by atoms with Crippen molar-refractivity contribution in [3.05, 3.63) is 18.2 Å². The van der Waals surface area contributed by atoms with Crippen LogP contribution in [0.4, 0.5) is 4.79 Å². The van der Waals surface area contributed by atoms with E-state index in [-0.39, 0.29) is 18.2 Å². The Kier molecular flexibility index (Phi) is 3.56. The van der Waals surface area contributed by atoms with Crippen LogP contribution in [-0.4, -0.2) is 34.2 Å². The number of H-pyrrole nitrogens is 1. The molecule has 2 atom stereocenters. The highest BCUT2D eigenvalue weighted by molar-refractivity contribution is 5.68. The van der Waals surface area contributed by atoms with Crippen molar-refractivity contribution in [2.45, 2.75) is 44.9 Å². The molecule has 6 nitrogen and oxygen atoms in total. The highest BCUT2D eigenvalue weighted by Crippen LogP contribution is 2.22. The minimum Gasteiger partial charge on any atom is -0.444 e. The topological polar surface area (TPSA) is 79.0 Å². The molecule has 0 bridgehead atoms. The van der Waals surface area contributed by atoms with Crippen molar-refractivity contribution in [3.63, 3.8) is 0 Å². The lowest BCUT2D eigenvalue weighted by Crippen LogP contribution is -2.41. The molecule has 0 unspecified atom stereocenters. The van der Waals surface area contributed by atoms with E-state index in [2.05, 4.69) is 20.6 Å². The molecule has 1 aromatic rings. The van der Waals surface area contributed by atoms with E-state index in [1.807, 2.05) is 20.8 Å². The zero-order valence-corrected chi connectivity index (χ0v) is 11.0. The largest absolute Gasteiger partial charge is 0.444 e. The van der Waals surface area contributed by atoms with E-state index in [9.17, 15) is 4.79 Å². The van der Waals surface area contributed by atoms with Crippen molar-refractivity contribution in [3.8, 4) is 0 Å². The van der Waals surface area contributed by atoms with E-state index >= 15 is 0 Å². The van der Waals surface area contributed by atoms with Crippen LogP contribution in [0.5, 0.6) is 0 Å². The molecule has 0 radical (unpaired) electrons. The molecule has 3 N–H and O–H groups in total. The second-order valence-electron chi connectivity index (χ2n) is 5.48. The van der Waals surface area contributed by atoms with Crippen molar-refractivity contribution in [2.24, 2.45) is 0 Å². The fraction of sp³-hybridized carbons (Fsp3) is 0.667. The molecule has 1 amide bonds. The Labute approximate surface area is 107 Å². The highest BCUT2D eigenvalue weighted by Gasteiger charge is 2.31. The monoisotopic (exact) mass is 252 g/mol.